The van der Waals surface area contributed by atoms with Gasteiger partial charge >= 0.3 is 0 Å². The van der Waals surface area contributed by atoms with Gasteiger partial charge in [0, 0.05) is 37.3 Å². The fourth-order valence-corrected chi connectivity index (χ4v) is 3.43. The number of methoxy groups -OCH3 is 2. The van der Waals surface area contributed by atoms with E-state index >= 15 is 0 Å². The molecule has 152 valence electrons. The van der Waals surface area contributed by atoms with Gasteiger partial charge in [0.15, 0.2) is 11.5 Å². The summed E-state index contributed by atoms with van der Waals surface area (Å²) in [4.78, 5) is 2.44. The zero-order valence-corrected chi connectivity index (χ0v) is 17.5. The van der Waals surface area contributed by atoms with Crippen molar-refractivity contribution in [3.63, 3.8) is 0 Å². The topological polar surface area (TPSA) is 43.0 Å². The third kappa shape index (κ3) is 5.18. The molecule has 1 aliphatic rings. The van der Waals surface area contributed by atoms with Gasteiger partial charge in [0.25, 0.3) is 0 Å². The van der Waals surface area contributed by atoms with Crippen molar-refractivity contribution in [2.75, 3.05) is 52.4 Å². The highest BCUT2D eigenvalue weighted by Crippen LogP contribution is 2.33. The molecule has 5 heteroatoms. The molecule has 1 fully saturated rings. The molecule has 0 atom stereocenters. The van der Waals surface area contributed by atoms with Crippen molar-refractivity contribution in [2.24, 2.45) is 0 Å². The van der Waals surface area contributed by atoms with E-state index in [9.17, 15) is 0 Å². The van der Waals surface area contributed by atoms with Crippen LogP contribution in [0.2, 0.25) is 0 Å². The predicted octanol–water partition coefficient (Wildman–Crippen LogP) is 3.93. The fraction of sp³-hybridized carbons (Fsp3) is 0.478. The van der Waals surface area contributed by atoms with Gasteiger partial charge in [-0.3, -0.25) is 4.90 Å². The third-order valence-corrected chi connectivity index (χ3v) is 5.36. The van der Waals surface area contributed by atoms with E-state index in [2.05, 4.69) is 60.5 Å². The van der Waals surface area contributed by atoms with Gasteiger partial charge in [-0.15, -0.1) is 0 Å². The Morgan fingerprint density at radius 2 is 1.64 bits per heavy atom. The van der Waals surface area contributed by atoms with E-state index in [0.717, 1.165) is 56.6 Å². The maximum atomic E-state index is 5.45. The average Bonchev–Trinajstić information content (AvgIpc) is 2.73. The number of hydrogen-bond acceptors (Lipinski definition) is 5. The molecule has 3 rings (SSSR count). The van der Waals surface area contributed by atoms with Crippen LogP contribution in [0.25, 0.3) is 0 Å². The molecule has 0 unspecified atom stereocenters. The summed E-state index contributed by atoms with van der Waals surface area (Å²) in [6.07, 6.45) is 0. The van der Waals surface area contributed by atoms with Crippen LogP contribution in [-0.4, -0.2) is 52.0 Å². The molecule has 0 saturated carbocycles. The molecule has 0 amide bonds. The molecule has 1 heterocycles. The van der Waals surface area contributed by atoms with Crippen molar-refractivity contribution in [1.29, 1.82) is 0 Å². The van der Waals surface area contributed by atoms with E-state index in [1.54, 1.807) is 14.2 Å². The molecule has 5 nitrogen and oxygen atoms in total. The van der Waals surface area contributed by atoms with E-state index in [1.165, 1.54) is 11.1 Å². The first kappa shape index (κ1) is 20.5. The lowest BCUT2D eigenvalue weighted by atomic mass is 9.84. The van der Waals surface area contributed by atoms with E-state index in [-0.39, 0.29) is 5.41 Å². The van der Waals surface area contributed by atoms with Crippen molar-refractivity contribution in [3.05, 3.63) is 53.6 Å². The standard InChI is InChI=1S/C23H32N2O3/c1-23(2,19-7-10-21(26-3)22(15-19)27-4)17-24-20-8-5-18(6-9-20)16-25-11-13-28-14-12-25/h5-10,15,24H,11-14,16-17H2,1-4H3. The van der Waals surface area contributed by atoms with E-state index in [4.69, 9.17) is 14.2 Å². The van der Waals surface area contributed by atoms with Crippen molar-refractivity contribution in [2.45, 2.75) is 25.8 Å². The Balaban J connectivity index is 1.59. The van der Waals surface area contributed by atoms with Crippen LogP contribution in [-0.2, 0) is 16.7 Å². The fourth-order valence-electron chi connectivity index (χ4n) is 3.43. The summed E-state index contributed by atoms with van der Waals surface area (Å²) in [5.41, 5.74) is 3.64. The van der Waals surface area contributed by atoms with Crippen LogP contribution < -0.4 is 14.8 Å². The summed E-state index contributed by atoms with van der Waals surface area (Å²) in [6, 6.07) is 14.9. The molecule has 0 bridgehead atoms. The molecule has 2 aromatic rings. The van der Waals surface area contributed by atoms with Gasteiger partial charge in [-0.2, -0.15) is 0 Å². The molecule has 2 aromatic carbocycles. The lowest BCUT2D eigenvalue weighted by Crippen LogP contribution is -2.35. The molecular formula is C23H32N2O3. The Morgan fingerprint density at radius 1 is 0.964 bits per heavy atom. The number of morpholine rings is 1. The number of nitrogens with one attached hydrogen (secondary N) is 1. The van der Waals surface area contributed by atoms with Crippen molar-refractivity contribution < 1.29 is 14.2 Å². The molecule has 0 radical (unpaired) electrons. The normalized spacial score (nSPS) is 15.3. The average molecular weight is 385 g/mol. The van der Waals surface area contributed by atoms with Crippen LogP contribution >= 0.6 is 0 Å². The second kappa shape index (κ2) is 9.30. The summed E-state index contributed by atoms with van der Waals surface area (Å²) < 4.78 is 16.2. The molecule has 1 saturated heterocycles. The largest absolute Gasteiger partial charge is 0.493 e. The lowest BCUT2D eigenvalue weighted by molar-refractivity contribution is 0.0342. The quantitative estimate of drug-likeness (QED) is 0.747. The first-order valence-electron chi connectivity index (χ1n) is 9.87. The molecule has 1 aliphatic heterocycles. The smallest absolute Gasteiger partial charge is 0.161 e. The molecule has 0 aliphatic carbocycles. The van der Waals surface area contributed by atoms with Crippen LogP contribution in [0.4, 0.5) is 5.69 Å². The van der Waals surface area contributed by atoms with E-state index < -0.39 is 0 Å². The SMILES string of the molecule is COc1ccc(C(C)(C)CNc2ccc(CN3CCOCC3)cc2)cc1OC. The molecule has 1 N–H and O–H groups in total. The van der Waals surface area contributed by atoms with Crippen LogP contribution in [0.3, 0.4) is 0 Å². The second-order valence-electron chi connectivity index (χ2n) is 7.89. The van der Waals surface area contributed by atoms with Crippen molar-refractivity contribution in [3.8, 4) is 11.5 Å². The Labute approximate surface area is 168 Å². The number of ether oxygens (including phenoxy) is 3. The summed E-state index contributed by atoms with van der Waals surface area (Å²) >= 11 is 0. The summed E-state index contributed by atoms with van der Waals surface area (Å²) in [5, 5.41) is 3.57. The van der Waals surface area contributed by atoms with E-state index in [0.29, 0.717) is 0 Å². The monoisotopic (exact) mass is 384 g/mol. The summed E-state index contributed by atoms with van der Waals surface area (Å²) in [7, 11) is 3.33. The number of nitrogens with zero attached hydrogens (tertiary/aromatic N) is 1. The van der Waals surface area contributed by atoms with Gasteiger partial charge in [-0.1, -0.05) is 32.0 Å². The third-order valence-electron chi connectivity index (χ3n) is 5.36. The minimum atomic E-state index is -0.0496. The van der Waals surface area contributed by atoms with Gasteiger partial charge in [-0.05, 0) is 35.4 Å². The Bertz CT molecular complexity index is 753. The minimum Gasteiger partial charge on any atom is -0.493 e. The van der Waals surface area contributed by atoms with Gasteiger partial charge in [0.1, 0.15) is 0 Å². The van der Waals surface area contributed by atoms with Gasteiger partial charge in [-0.25, -0.2) is 0 Å². The predicted molar refractivity (Wildman–Crippen MR) is 114 cm³/mol. The minimum absolute atomic E-state index is 0.0496. The Kier molecular flexibility index (Phi) is 6.81. The summed E-state index contributed by atoms with van der Waals surface area (Å²) in [5.74, 6) is 1.52. The van der Waals surface area contributed by atoms with Gasteiger partial charge in [0.05, 0.1) is 27.4 Å². The maximum absolute atomic E-state index is 5.45. The lowest BCUT2D eigenvalue weighted by Gasteiger charge is -2.28. The molecule has 0 spiro atoms. The second-order valence-corrected chi connectivity index (χ2v) is 7.89. The van der Waals surface area contributed by atoms with Crippen LogP contribution in [0, 0.1) is 0 Å². The highest BCUT2D eigenvalue weighted by molar-refractivity contribution is 5.48. The first-order valence-corrected chi connectivity index (χ1v) is 9.87. The highest BCUT2D eigenvalue weighted by atomic mass is 16.5. The number of anilines is 1. The Hall–Kier alpha value is -2.24. The first-order chi connectivity index (χ1) is 13.5. The van der Waals surface area contributed by atoms with Crippen molar-refractivity contribution in [1.82, 2.24) is 4.90 Å². The zero-order valence-electron chi connectivity index (χ0n) is 17.5. The van der Waals surface area contributed by atoms with Gasteiger partial charge < -0.3 is 19.5 Å². The molecule has 0 aromatic heterocycles. The molecule has 28 heavy (non-hydrogen) atoms. The number of hydrogen-bond donors (Lipinski definition) is 1. The number of benzene rings is 2. The van der Waals surface area contributed by atoms with Crippen LogP contribution in [0.15, 0.2) is 42.5 Å². The Morgan fingerprint density at radius 3 is 2.29 bits per heavy atom. The molecular weight excluding hydrogens is 352 g/mol. The van der Waals surface area contributed by atoms with E-state index in [1.807, 2.05) is 6.07 Å². The van der Waals surface area contributed by atoms with Gasteiger partial charge in [0.2, 0.25) is 0 Å². The van der Waals surface area contributed by atoms with Crippen LogP contribution in [0.5, 0.6) is 11.5 Å². The zero-order chi connectivity index (χ0) is 20.0. The highest BCUT2D eigenvalue weighted by Gasteiger charge is 2.22. The van der Waals surface area contributed by atoms with Crippen molar-refractivity contribution >= 4 is 5.69 Å². The van der Waals surface area contributed by atoms with Crippen LogP contribution in [0.1, 0.15) is 25.0 Å². The maximum Gasteiger partial charge on any atom is 0.161 e. The number of rotatable bonds is 8. The summed E-state index contributed by atoms with van der Waals surface area (Å²) in [6.45, 7) is 9.98.